The highest BCUT2D eigenvalue weighted by Crippen LogP contribution is 2.26. The smallest absolute Gasteiger partial charge is 0.224 e. The lowest BCUT2D eigenvalue weighted by molar-refractivity contribution is -0.120. The molecule has 0 aliphatic carbocycles. The van der Waals surface area contributed by atoms with E-state index in [1.54, 1.807) is 21.3 Å². The number of nitrogens with zero attached hydrogens (tertiary/aromatic N) is 1. The zero-order valence-electron chi connectivity index (χ0n) is 19.1. The predicted octanol–water partition coefficient (Wildman–Crippen LogP) is 4.57. The fourth-order valence-corrected chi connectivity index (χ4v) is 3.93. The molecule has 0 bridgehead atoms. The molecule has 0 fully saturated rings. The van der Waals surface area contributed by atoms with E-state index in [0.29, 0.717) is 19.5 Å². The van der Waals surface area contributed by atoms with Crippen LogP contribution in [-0.4, -0.2) is 31.8 Å². The minimum Gasteiger partial charge on any atom is -0.497 e. The van der Waals surface area contributed by atoms with Gasteiger partial charge < -0.3 is 24.1 Å². The molecule has 4 aromatic rings. The maximum atomic E-state index is 12.7. The van der Waals surface area contributed by atoms with Gasteiger partial charge in [-0.2, -0.15) is 0 Å². The van der Waals surface area contributed by atoms with Crippen LogP contribution in [0.25, 0.3) is 10.9 Å². The molecule has 0 aliphatic heterocycles. The van der Waals surface area contributed by atoms with Crippen LogP contribution in [0, 0.1) is 0 Å². The van der Waals surface area contributed by atoms with E-state index in [0.717, 1.165) is 44.8 Å². The number of fused-ring (bicyclic) bond motifs is 1. The van der Waals surface area contributed by atoms with Crippen LogP contribution in [-0.2, 0) is 24.3 Å². The predicted molar refractivity (Wildman–Crippen MR) is 129 cm³/mol. The van der Waals surface area contributed by atoms with Crippen molar-refractivity contribution in [2.45, 2.75) is 19.5 Å². The third-order valence-electron chi connectivity index (χ3n) is 5.63. The highest BCUT2D eigenvalue weighted by Gasteiger charge is 2.13. The minimum atomic E-state index is -0.0169. The molecule has 1 amide bonds. The van der Waals surface area contributed by atoms with Crippen molar-refractivity contribution in [3.8, 4) is 17.2 Å². The van der Waals surface area contributed by atoms with Crippen molar-refractivity contribution in [2.24, 2.45) is 0 Å². The van der Waals surface area contributed by atoms with Crippen molar-refractivity contribution >= 4 is 16.8 Å². The van der Waals surface area contributed by atoms with E-state index in [2.05, 4.69) is 28.2 Å². The second-order valence-electron chi connectivity index (χ2n) is 7.82. The number of para-hydroxylation sites is 1. The Kier molecular flexibility index (Phi) is 6.83. The van der Waals surface area contributed by atoms with Gasteiger partial charge in [0.25, 0.3) is 0 Å². The van der Waals surface area contributed by atoms with E-state index in [1.807, 2.05) is 54.6 Å². The normalized spacial score (nSPS) is 10.8. The van der Waals surface area contributed by atoms with Crippen molar-refractivity contribution in [3.05, 3.63) is 89.6 Å². The second kappa shape index (κ2) is 10.1. The van der Waals surface area contributed by atoms with Gasteiger partial charge in [0.05, 0.1) is 27.8 Å². The topological polar surface area (TPSA) is 61.7 Å². The number of rotatable bonds is 9. The van der Waals surface area contributed by atoms with Crippen LogP contribution in [0.5, 0.6) is 17.2 Å². The van der Waals surface area contributed by atoms with Crippen molar-refractivity contribution in [3.63, 3.8) is 0 Å². The van der Waals surface area contributed by atoms with Crippen molar-refractivity contribution in [1.29, 1.82) is 0 Å². The molecule has 0 spiro atoms. The molecular formula is C27H28N2O4. The number of nitrogens with one attached hydrogen (secondary N) is 1. The number of methoxy groups -OCH3 is 3. The summed E-state index contributed by atoms with van der Waals surface area (Å²) in [5, 5.41) is 4.09. The first kappa shape index (κ1) is 22.3. The monoisotopic (exact) mass is 444 g/mol. The quantitative estimate of drug-likeness (QED) is 0.411. The molecular weight excluding hydrogens is 416 g/mol. The first-order chi connectivity index (χ1) is 16.1. The molecule has 4 rings (SSSR count). The van der Waals surface area contributed by atoms with E-state index in [4.69, 9.17) is 14.2 Å². The van der Waals surface area contributed by atoms with Gasteiger partial charge in [-0.1, -0.05) is 30.3 Å². The third kappa shape index (κ3) is 5.29. The van der Waals surface area contributed by atoms with Crippen LogP contribution in [0.2, 0.25) is 0 Å². The molecule has 170 valence electrons. The molecule has 0 unspecified atom stereocenters. The Balaban J connectivity index is 1.51. The number of hydrogen-bond donors (Lipinski definition) is 1. The van der Waals surface area contributed by atoms with Crippen LogP contribution < -0.4 is 19.5 Å². The van der Waals surface area contributed by atoms with Crippen LogP contribution in [0.4, 0.5) is 0 Å². The van der Waals surface area contributed by atoms with Gasteiger partial charge in [0.2, 0.25) is 5.91 Å². The summed E-state index contributed by atoms with van der Waals surface area (Å²) in [4.78, 5) is 12.7. The highest BCUT2D eigenvalue weighted by atomic mass is 16.5. The first-order valence-electron chi connectivity index (χ1n) is 10.8. The summed E-state index contributed by atoms with van der Waals surface area (Å²) in [6.45, 7) is 1.12. The van der Waals surface area contributed by atoms with E-state index >= 15 is 0 Å². The van der Waals surface area contributed by atoms with Gasteiger partial charge in [-0.15, -0.1) is 0 Å². The lowest BCUT2D eigenvalue weighted by Crippen LogP contribution is -2.24. The van der Waals surface area contributed by atoms with Crippen molar-refractivity contribution in [1.82, 2.24) is 9.88 Å². The summed E-state index contributed by atoms with van der Waals surface area (Å²) in [6.07, 6.45) is 2.37. The van der Waals surface area contributed by atoms with Crippen LogP contribution >= 0.6 is 0 Å². The second-order valence-corrected chi connectivity index (χ2v) is 7.82. The van der Waals surface area contributed by atoms with E-state index in [-0.39, 0.29) is 5.91 Å². The van der Waals surface area contributed by atoms with Crippen LogP contribution in [0.1, 0.15) is 16.7 Å². The van der Waals surface area contributed by atoms with Gasteiger partial charge in [0.15, 0.2) is 0 Å². The van der Waals surface area contributed by atoms with Crippen molar-refractivity contribution < 1.29 is 19.0 Å². The summed E-state index contributed by atoms with van der Waals surface area (Å²) in [6, 6.07) is 21.7. The average molecular weight is 445 g/mol. The number of carbonyl (C=O) groups is 1. The molecule has 33 heavy (non-hydrogen) atoms. The van der Waals surface area contributed by atoms with Gasteiger partial charge >= 0.3 is 0 Å². The van der Waals surface area contributed by atoms with Gasteiger partial charge in [-0.25, -0.2) is 0 Å². The Morgan fingerprint density at radius 3 is 2.15 bits per heavy atom. The fraction of sp³-hybridized carbons (Fsp3) is 0.222. The first-order valence-corrected chi connectivity index (χ1v) is 10.8. The summed E-state index contributed by atoms with van der Waals surface area (Å²) in [5.41, 5.74) is 4.16. The van der Waals surface area contributed by atoms with Crippen molar-refractivity contribution in [2.75, 3.05) is 21.3 Å². The molecule has 0 saturated heterocycles. The fourth-order valence-electron chi connectivity index (χ4n) is 3.93. The number of hydrogen-bond acceptors (Lipinski definition) is 4. The Morgan fingerprint density at radius 1 is 0.818 bits per heavy atom. The summed E-state index contributed by atoms with van der Waals surface area (Å²) in [5.74, 6) is 2.28. The largest absolute Gasteiger partial charge is 0.497 e. The zero-order chi connectivity index (χ0) is 23.2. The Labute approximate surface area is 193 Å². The average Bonchev–Trinajstić information content (AvgIpc) is 3.19. The molecule has 3 aromatic carbocycles. The van der Waals surface area contributed by atoms with E-state index < -0.39 is 0 Å². The molecule has 0 atom stereocenters. The standard InChI is InChI=1S/C27H28N2O4/c1-31-22-10-8-19(9-11-22)16-28-27(30)14-21-18-29(26-7-5-4-6-25(21)26)17-20-12-23(32-2)15-24(13-20)33-3/h4-13,15,18H,14,16-17H2,1-3H3,(H,28,30). The maximum absolute atomic E-state index is 12.7. The molecule has 6 nitrogen and oxygen atoms in total. The molecule has 1 N–H and O–H groups in total. The summed E-state index contributed by atoms with van der Waals surface area (Å²) >= 11 is 0. The Bertz CT molecular complexity index is 1220. The Morgan fingerprint density at radius 2 is 1.48 bits per heavy atom. The molecule has 0 radical (unpaired) electrons. The zero-order valence-corrected chi connectivity index (χ0v) is 19.1. The minimum absolute atomic E-state index is 0.0169. The number of amides is 1. The number of benzene rings is 3. The van der Waals surface area contributed by atoms with Gasteiger partial charge in [-0.3, -0.25) is 4.79 Å². The van der Waals surface area contributed by atoms with E-state index in [9.17, 15) is 4.79 Å². The molecule has 1 aromatic heterocycles. The lowest BCUT2D eigenvalue weighted by Gasteiger charge is -2.10. The van der Waals surface area contributed by atoms with Crippen LogP contribution in [0.3, 0.4) is 0 Å². The molecule has 0 aliphatic rings. The summed E-state index contributed by atoms with van der Waals surface area (Å²) in [7, 11) is 4.93. The molecule has 6 heteroatoms. The lowest BCUT2D eigenvalue weighted by atomic mass is 10.1. The van der Waals surface area contributed by atoms with Gasteiger partial charge in [-0.05, 0) is 47.0 Å². The van der Waals surface area contributed by atoms with Gasteiger partial charge in [0.1, 0.15) is 17.2 Å². The summed E-state index contributed by atoms with van der Waals surface area (Å²) < 4.78 is 18.2. The van der Waals surface area contributed by atoms with Gasteiger partial charge in [0, 0.05) is 36.3 Å². The van der Waals surface area contributed by atoms with Crippen LogP contribution in [0.15, 0.2) is 72.9 Å². The maximum Gasteiger partial charge on any atom is 0.224 e. The number of carbonyl (C=O) groups excluding carboxylic acids is 1. The Hall–Kier alpha value is -3.93. The SMILES string of the molecule is COc1ccc(CNC(=O)Cc2cn(Cc3cc(OC)cc(OC)c3)c3ccccc23)cc1. The highest BCUT2D eigenvalue weighted by molar-refractivity contribution is 5.89. The number of ether oxygens (including phenoxy) is 3. The third-order valence-corrected chi connectivity index (χ3v) is 5.63. The molecule has 0 saturated carbocycles. The molecule has 1 heterocycles. The number of aromatic nitrogens is 1. The van der Waals surface area contributed by atoms with E-state index in [1.165, 1.54) is 0 Å².